The van der Waals surface area contributed by atoms with E-state index in [-0.39, 0.29) is 41.7 Å². The Morgan fingerprint density at radius 1 is 1.11 bits per heavy atom. The van der Waals surface area contributed by atoms with Gasteiger partial charge >= 0.3 is 12.2 Å². The number of fused-ring (bicyclic) bond motifs is 1. The second-order valence-corrected chi connectivity index (χ2v) is 10.5. The van der Waals surface area contributed by atoms with Crippen LogP contribution in [-0.4, -0.2) is 70.8 Å². The summed E-state index contributed by atoms with van der Waals surface area (Å²) in [5.41, 5.74) is 2.37. The van der Waals surface area contributed by atoms with E-state index in [4.69, 9.17) is 5.41 Å². The van der Waals surface area contributed by atoms with Gasteiger partial charge in [0.1, 0.15) is 6.54 Å². The van der Waals surface area contributed by atoms with Crippen LogP contribution in [0.4, 0.5) is 41.1 Å². The number of alkyl halides is 3. The molecule has 1 aliphatic rings. The number of halogens is 3. The molecule has 0 atom stereocenters. The molecule has 0 saturated heterocycles. The summed E-state index contributed by atoms with van der Waals surface area (Å²) in [7, 11) is 3.78. The molecule has 0 bridgehead atoms. The van der Waals surface area contributed by atoms with Gasteiger partial charge in [0.05, 0.1) is 23.6 Å². The van der Waals surface area contributed by atoms with Crippen molar-refractivity contribution in [1.29, 1.82) is 5.41 Å². The molecule has 0 spiro atoms. The zero-order valence-corrected chi connectivity index (χ0v) is 25.0. The van der Waals surface area contributed by atoms with E-state index in [1.165, 1.54) is 24.1 Å². The van der Waals surface area contributed by atoms with Crippen molar-refractivity contribution >= 4 is 40.8 Å². The number of nitrogens with zero attached hydrogens (tertiary/aromatic N) is 5. The number of likely N-dealkylation sites (N-methyl/N-ethyl adjacent to an activating group) is 1. The predicted octanol–water partition coefficient (Wildman–Crippen LogP) is 5.25. The zero-order chi connectivity index (χ0) is 32.6. The highest BCUT2D eigenvalue weighted by molar-refractivity contribution is 6.03. The highest BCUT2D eigenvalue weighted by Gasteiger charge is 2.34. The van der Waals surface area contributed by atoms with Crippen LogP contribution in [-0.2, 0) is 17.9 Å². The van der Waals surface area contributed by atoms with Crippen molar-refractivity contribution < 1.29 is 22.8 Å². The number of hydrogen-bond donors (Lipinski definition) is 4. The molecule has 0 unspecified atom stereocenters. The van der Waals surface area contributed by atoms with E-state index < -0.39 is 12.7 Å². The van der Waals surface area contributed by atoms with Gasteiger partial charge in [-0.1, -0.05) is 42.5 Å². The van der Waals surface area contributed by atoms with Crippen LogP contribution in [0, 0.1) is 5.41 Å². The van der Waals surface area contributed by atoms with E-state index in [1.807, 2.05) is 49.3 Å². The average molecular weight is 622 g/mol. The Hall–Kier alpha value is -5.24. The maximum atomic E-state index is 14.0. The fourth-order valence-electron chi connectivity index (χ4n) is 4.33. The van der Waals surface area contributed by atoms with Crippen molar-refractivity contribution in [2.45, 2.75) is 26.2 Å². The van der Waals surface area contributed by atoms with E-state index >= 15 is 0 Å². The number of rotatable bonds is 12. The lowest BCUT2D eigenvalue weighted by Gasteiger charge is -2.36. The SMILES string of the molecule is CC(=N)/C(=C\NCC(F)(F)F)Nc1ncc2c(n1)N(c1cccc(NC(=O)/C=C/CN(C)C)c1)C(=O)N(Cc1ccccc1)C2. The van der Waals surface area contributed by atoms with Crippen molar-refractivity contribution in [3.05, 3.63) is 96.0 Å². The summed E-state index contributed by atoms with van der Waals surface area (Å²) < 4.78 is 38.0. The number of allylic oxidation sites excluding steroid dienone is 1. The molecule has 0 fully saturated rings. The minimum absolute atomic E-state index is 0.0191. The van der Waals surface area contributed by atoms with E-state index in [9.17, 15) is 22.8 Å². The summed E-state index contributed by atoms with van der Waals surface area (Å²) in [4.78, 5) is 40.3. The molecule has 0 saturated carbocycles. The van der Waals surface area contributed by atoms with Gasteiger partial charge in [-0.25, -0.2) is 14.7 Å². The van der Waals surface area contributed by atoms with Gasteiger partial charge in [0.15, 0.2) is 5.82 Å². The van der Waals surface area contributed by atoms with Crippen molar-refractivity contribution in [3.8, 4) is 0 Å². The summed E-state index contributed by atoms with van der Waals surface area (Å²) in [6.45, 7) is 1.22. The minimum atomic E-state index is -4.44. The standard InChI is InChI=1S/C31H34F3N9O2/c1-21(35)26(17-36-20-31(32,33)34)39-29-37-16-23-19-42(18-22-9-5-4-6-10-22)30(45)43(28(23)40-29)25-12-7-11-24(15-25)38-27(44)13-8-14-41(2)3/h4-13,15-17,35-36H,14,18-20H2,1-3H3,(H,38,44)(H,37,39,40)/b13-8+,26-17+,35-21?. The molecule has 1 aromatic heterocycles. The fraction of sp³-hybridized carbons (Fsp3) is 0.258. The maximum Gasteiger partial charge on any atom is 0.405 e. The first kappa shape index (κ1) is 32.7. The number of aromatic nitrogens is 2. The van der Waals surface area contributed by atoms with Crippen LogP contribution >= 0.6 is 0 Å². The lowest BCUT2D eigenvalue weighted by atomic mass is 10.1. The van der Waals surface area contributed by atoms with Crippen LogP contribution in [0.3, 0.4) is 0 Å². The van der Waals surface area contributed by atoms with Crippen molar-refractivity contribution in [2.24, 2.45) is 0 Å². The molecule has 4 rings (SSSR count). The molecule has 2 aromatic carbocycles. The minimum Gasteiger partial charge on any atom is -0.381 e. The number of amides is 3. The number of benzene rings is 2. The Kier molecular flexibility index (Phi) is 10.5. The van der Waals surface area contributed by atoms with Gasteiger partial charge in [0.2, 0.25) is 11.9 Å². The highest BCUT2D eigenvalue weighted by atomic mass is 19.4. The summed E-state index contributed by atoms with van der Waals surface area (Å²) in [6.07, 6.45) is 1.28. The Balaban J connectivity index is 1.68. The van der Waals surface area contributed by atoms with Gasteiger partial charge in [-0.05, 0) is 44.8 Å². The van der Waals surface area contributed by atoms with Gasteiger partial charge in [0.25, 0.3) is 0 Å². The molecular formula is C31H34F3N9O2. The molecule has 45 heavy (non-hydrogen) atoms. The van der Waals surface area contributed by atoms with Crippen LogP contribution in [0.15, 0.2) is 84.8 Å². The van der Waals surface area contributed by atoms with Gasteiger partial charge < -0.3 is 31.2 Å². The first-order valence-corrected chi connectivity index (χ1v) is 13.9. The molecule has 3 aromatic rings. The Morgan fingerprint density at radius 2 is 1.87 bits per heavy atom. The predicted molar refractivity (Wildman–Crippen MR) is 167 cm³/mol. The van der Waals surface area contributed by atoms with Crippen molar-refractivity contribution in [1.82, 2.24) is 25.1 Å². The molecule has 236 valence electrons. The van der Waals surface area contributed by atoms with Gasteiger partial charge in [-0.15, -0.1) is 0 Å². The topological polar surface area (TPSA) is 130 Å². The quantitative estimate of drug-likeness (QED) is 0.161. The number of urea groups is 1. The van der Waals surface area contributed by atoms with Crippen LogP contribution in [0.5, 0.6) is 0 Å². The lowest BCUT2D eigenvalue weighted by Crippen LogP contribution is -2.45. The summed E-state index contributed by atoms with van der Waals surface area (Å²) in [5, 5.41) is 15.7. The third kappa shape index (κ3) is 9.37. The van der Waals surface area contributed by atoms with Gasteiger partial charge in [0, 0.05) is 42.8 Å². The third-order valence-electron chi connectivity index (χ3n) is 6.40. The molecule has 2 heterocycles. The molecule has 1 aliphatic heterocycles. The third-order valence-corrected chi connectivity index (χ3v) is 6.40. The molecule has 14 heteroatoms. The number of carbonyl (C=O) groups excluding carboxylic acids is 2. The van der Waals surface area contributed by atoms with Crippen LogP contribution < -0.4 is 20.9 Å². The monoisotopic (exact) mass is 621 g/mol. The van der Waals surface area contributed by atoms with Crippen LogP contribution in [0.1, 0.15) is 18.1 Å². The molecule has 0 radical (unpaired) electrons. The second kappa shape index (κ2) is 14.5. The lowest BCUT2D eigenvalue weighted by molar-refractivity contribution is -0.122. The Morgan fingerprint density at radius 3 is 2.56 bits per heavy atom. The summed E-state index contributed by atoms with van der Waals surface area (Å²) in [5.74, 6) is -0.106. The van der Waals surface area contributed by atoms with E-state index in [2.05, 4.69) is 25.9 Å². The number of hydrogen-bond acceptors (Lipinski definition) is 8. The molecule has 0 aliphatic carbocycles. The van der Waals surface area contributed by atoms with Gasteiger partial charge in [-0.3, -0.25) is 4.79 Å². The largest absolute Gasteiger partial charge is 0.405 e. The first-order valence-electron chi connectivity index (χ1n) is 13.9. The first-order chi connectivity index (χ1) is 21.4. The molecule has 4 N–H and O–H groups in total. The van der Waals surface area contributed by atoms with Crippen LogP contribution in [0.2, 0.25) is 0 Å². The van der Waals surface area contributed by atoms with E-state index in [0.29, 0.717) is 30.0 Å². The number of carbonyl (C=O) groups is 2. The van der Waals surface area contributed by atoms with E-state index in [0.717, 1.165) is 11.8 Å². The van der Waals surface area contributed by atoms with Gasteiger partial charge in [-0.2, -0.15) is 18.2 Å². The summed E-state index contributed by atoms with van der Waals surface area (Å²) >= 11 is 0. The van der Waals surface area contributed by atoms with Crippen molar-refractivity contribution in [3.63, 3.8) is 0 Å². The normalized spacial score (nSPS) is 13.7. The smallest absolute Gasteiger partial charge is 0.381 e. The summed E-state index contributed by atoms with van der Waals surface area (Å²) in [6, 6.07) is 15.9. The van der Waals surface area contributed by atoms with E-state index in [1.54, 1.807) is 35.2 Å². The maximum absolute atomic E-state index is 14.0. The molecule has 11 nitrogen and oxygen atoms in total. The van der Waals surface area contributed by atoms with Crippen molar-refractivity contribution in [2.75, 3.05) is 42.7 Å². The molecular weight excluding hydrogens is 587 g/mol. The number of nitrogens with one attached hydrogen (secondary N) is 4. The Labute approximate surface area is 259 Å². The number of anilines is 4. The highest BCUT2D eigenvalue weighted by Crippen LogP contribution is 2.35. The van der Waals surface area contributed by atoms with Crippen LogP contribution in [0.25, 0.3) is 0 Å². The molecule has 3 amide bonds. The zero-order valence-electron chi connectivity index (χ0n) is 25.0. The average Bonchev–Trinajstić information content (AvgIpc) is 2.97. The fourth-order valence-corrected chi connectivity index (χ4v) is 4.33. The second-order valence-electron chi connectivity index (χ2n) is 10.5. The Bertz CT molecular complexity index is 1590.